The molecule has 0 aliphatic rings. The summed E-state index contributed by atoms with van der Waals surface area (Å²) in [5, 5.41) is 55.0. The van der Waals surface area contributed by atoms with Crippen LogP contribution in [-0.2, 0) is 46.7 Å². The summed E-state index contributed by atoms with van der Waals surface area (Å²) in [7, 11) is -8.56. The van der Waals surface area contributed by atoms with Crippen LogP contribution in [0.5, 0.6) is 5.75 Å². The molecule has 0 atom stereocenters. The Labute approximate surface area is 297 Å². The van der Waals surface area contributed by atoms with Gasteiger partial charge in [-0.1, -0.05) is 23.2 Å². The van der Waals surface area contributed by atoms with Crippen molar-refractivity contribution in [2.75, 3.05) is 12.4 Å². The molecule has 0 radical (unpaired) electrons. The van der Waals surface area contributed by atoms with Crippen molar-refractivity contribution < 1.29 is 72.6 Å². The third-order valence-corrected chi connectivity index (χ3v) is 8.28. The summed E-state index contributed by atoms with van der Waals surface area (Å²) in [6.45, 7) is 0. The molecule has 50 heavy (non-hydrogen) atoms. The van der Waals surface area contributed by atoms with E-state index in [0.29, 0.717) is 29.9 Å². The van der Waals surface area contributed by atoms with E-state index >= 15 is 0 Å². The summed E-state index contributed by atoms with van der Waals surface area (Å²) in [5.74, 6) is -3.06. The third-order valence-electron chi connectivity index (χ3n) is 6.01. The number of carboxylic acids is 1. The minimum atomic E-state index is -5.23. The van der Waals surface area contributed by atoms with Gasteiger partial charge in [-0.2, -0.15) is 27.1 Å². The number of rotatable bonds is 13. The van der Waals surface area contributed by atoms with Crippen LogP contribution in [0.3, 0.4) is 0 Å². The molecule has 0 aliphatic heterocycles. The van der Waals surface area contributed by atoms with Crippen LogP contribution in [0.4, 0.5) is 28.4 Å². The number of phenolic OH excluding ortho intramolecular Hbond substituents is 1. The number of nitrogens with zero attached hydrogens (tertiary/aromatic N) is 6. The number of azo groups is 2. The van der Waals surface area contributed by atoms with Gasteiger partial charge in [0.2, 0.25) is 0 Å². The van der Waals surface area contributed by atoms with Crippen LogP contribution in [0.1, 0.15) is 15.9 Å². The van der Waals surface area contributed by atoms with Gasteiger partial charge in [-0.3, -0.25) is 9.11 Å². The molecule has 19 nitrogen and oxygen atoms in total. The standard InChI is InChI=1S/C27H23N7O12S3.Cu/c1-28-16-5-7-17(8-6-16)29-30-18-4-2-3-15(11-18)26(33-31-22-12-19(47-46-45-38)9-10-21(22)27(36)37)34-32-23-13-20(48(39,40)41)14-24(25(23)35)49(42,43)44;/h2-14H,1H3,(H7,28,29,30,31,32,33,34,35,36,37,38,39,40,41,42,43,44);/q;+1/p-1. The second-order valence-corrected chi connectivity index (χ2v) is 12.8. The quantitative estimate of drug-likeness (QED) is 0.0121. The maximum atomic E-state index is 11.9. The van der Waals surface area contributed by atoms with Gasteiger partial charge < -0.3 is 26.1 Å². The Morgan fingerprint density at radius 3 is 2.20 bits per heavy atom. The zero-order valence-corrected chi connectivity index (χ0v) is 28.2. The van der Waals surface area contributed by atoms with E-state index in [1.807, 2.05) is 0 Å². The summed E-state index contributed by atoms with van der Waals surface area (Å²) in [5.41, 5.74) is 4.23. The van der Waals surface area contributed by atoms with E-state index in [1.54, 1.807) is 37.4 Å². The molecule has 6 N–H and O–H groups in total. The van der Waals surface area contributed by atoms with Crippen molar-refractivity contribution in [1.29, 1.82) is 0 Å². The Morgan fingerprint density at radius 2 is 1.58 bits per heavy atom. The first kappa shape index (κ1) is 39.6. The van der Waals surface area contributed by atoms with Gasteiger partial charge in [0.05, 0.1) is 28.3 Å². The van der Waals surface area contributed by atoms with Crippen molar-refractivity contribution in [2.45, 2.75) is 14.7 Å². The minimum absolute atomic E-state index is 0. The van der Waals surface area contributed by atoms with Crippen LogP contribution in [0, 0.1) is 0 Å². The molecule has 0 heterocycles. The van der Waals surface area contributed by atoms with Crippen molar-refractivity contribution in [3.05, 3.63) is 95.4 Å². The molecular weight excluding hydrogens is 774 g/mol. The number of carboxylic acid groups (broad SMARTS) is 1. The number of nitrogens with one attached hydrogen (secondary N) is 1. The van der Waals surface area contributed by atoms with Crippen molar-refractivity contribution in [1.82, 2.24) is 0 Å². The largest absolute Gasteiger partial charge is 1.00 e. The molecule has 0 amide bonds. The average molecular weight is 796 g/mol. The van der Waals surface area contributed by atoms with E-state index in [-0.39, 0.29) is 44.5 Å². The Bertz CT molecular complexity index is 2180. The van der Waals surface area contributed by atoms with E-state index < -0.39 is 53.3 Å². The number of carbonyl (C=O) groups is 1. The summed E-state index contributed by atoms with van der Waals surface area (Å²) < 4.78 is 70.6. The molecule has 0 saturated carbocycles. The van der Waals surface area contributed by atoms with Crippen molar-refractivity contribution in [3.63, 3.8) is 0 Å². The van der Waals surface area contributed by atoms with Crippen molar-refractivity contribution in [2.24, 2.45) is 25.6 Å². The van der Waals surface area contributed by atoms with Crippen LogP contribution < -0.4 is 5.32 Å². The van der Waals surface area contributed by atoms with Gasteiger partial charge in [-0.15, -0.1) is 20.2 Å². The zero-order valence-electron chi connectivity index (χ0n) is 24.8. The maximum absolute atomic E-state index is 11.9. The predicted molar refractivity (Wildman–Crippen MR) is 172 cm³/mol. The molecule has 4 aromatic rings. The molecule has 4 rings (SSSR count). The number of hydrogen-bond acceptors (Lipinski definition) is 15. The van der Waals surface area contributed by atoms with E-state index in [0.717, 1.165) is 11.8 Å². The number of amidine groups is 1. The minimum Gasteiger partial charge on any atom is -0.573 e. The zero-order chi connectivity index (χ0) is 35.8. The third kappa shape index (κ3) is 10.6. The van der Waals surface area contributed by atoms with Gasteiger partial charge >= 0.3 is 23.0 Å². The molecule has 0 bridgehead atoms. The molecule has 0 saturated heterocycles. The fourth-order valence-electron chi connectivity index (χ4n) is 3.73. The van der Waals surface area contributed by atoms with Crippen LogP contribution >= 0.6 is 12.0 Å². The number of aromatic hydroxyl groups is 1. The maximum Gasteiger partial charge on any atom is 1.00 e. The van der Waals surface area contributed by atoms with Gasteiger partial charge in [0, 0.05) is 28.8 Å². The van der Waals surface area contributed by atoms with E-state index in [9.17, 15) is 40.9 Å². The van der Waals surface area contributed by atoms with Gasteiger partial charge in [0.15, 0.2) is 11.6 Å². The monoisotopic (exact) mass is 795 g/mol. The fourth-order valence-corrected chi connectivity index (χ4v) is 5.35. The van der Waals surface area contributed by atoms with E-state index in [4.69, 9.17) is 5.26 Å². The number of phenols is 1. The molecular formula is C27H22CuN7O12S3. The second-order valence-electron chi connectivity index (χ2n) is 9.22. The van der Waals surface area contributed by atoms with Crippen molar-refractivity contribution >= 4 is 72.5 Å². The number of hydrogen-bond donors (Lipinski definition) is 6. The number of benzene rings is 4. The summed E-state index contributed by atoms with van der Waals surface area (Å²) in [6, 6.07) is 17.4. The first-order chi connectivity index (χ1) is 23.2. The molecule has 266 valence electrons. The summed E-state index contributed by atoms with van der Waals surface area (Å²) in [6.07, 6.45) is 0. The van der Waals surface area contributed by atoms with Crippen LogP contribution in [0.15, 0.2) is 119 Å². The Kier molecular flexibility index (Phi) is 13.6. The molecule has 23 heteroatoms. The molecule has 0 aliphatic carbocycles. The predicted octanol–water partition coefficient (Wildman–Crippen LogP) is 6.62. The Balaban J connectivity index is 0.00000676. The Morgan fingerprint density at radius 1 is 0.880 bits per heavy atom. The van der Waals surface area contributed by atoms with Crippen LogP contribution in [0.2, 0.25) is 0 Å². The second kappa shape index (κ2) is 17.2. The Hall–Kier alpha value is -4.81. The smallest absolute Gasteiger partial charge is 0.573 e. The van der Waals surface area contributed by atoms with Crippen molar-refractivity contribution in [3.8, 4) is 5.75 Å². The molecule has 0 fully saturated rings. The molecule has 4 aromatic carbocycles. The van der Waals surface area contributed by atoms with Gasteiger partial charge in [0.1, 0.15) is 10.6 Å². The topological polar surface area (TPSA) is 293 Å². The normalized spacial score (nSPS) is 12.2. The van der Waals surface area contributed by atoms with Gasteiger partial charge in [-0.25, -0.2) is 10.1 Å². The summed E-state index contributed by atoms with van der Waals surface area (Å²) in [4.78, 5) is 9.71. The summed E-state index contributed by atoms with van der Waals surface area (Å²) >= 11 is 0.500. The molecule has 0 aromatic heterocycles. The first-order valence-corrected chi connectivity index (χ1v) is 16.7. The fraction of sp³-hybridized carbons (Fsp3) is 0.0370. The first-order valence-electron chi connectivity index (χ1n) is 13.0. The van der Waals surface area contributed by atoms with Gasteiger partial charge in [0.25, 0.3) is 20.2 Å². The van der Waals surface area contributed by atoms with E-state index in [2.05, 4.69) is 45.7 Å². The van der Waals surface area contributed by atoms with Gasteiger partial charge in [-0.05, 0) is 60.7 Å². The van der Waals surface area contributed by atoms with Crippen LogP contribution in [-0.4, -0.2) is 60.3 Å². The average Bonchev–Trinajstić information content (AvgIpc) is 3.06. The van der Waals surface area contributed by atoms with Crippen LogP contribution in [0.25, 0.3) is 5.43 Å². The number of anilines is 1. The number of aromatic carboxylic acids is 1. The van der Waals surface area contributed by atoms with E-state index in [1.165, 1.54) is 30.3 Å². The SMILES string of the molecule is CNc1ccc(N=Nc2cccc(/C(N=Nc3cc(S(=O)(=O)O)cc(S(=O)(=O)O)c3O)=N/[N-]c3cc(SOOO)ccc3C(=O)O)c2)cc1.[Cu+]. The molecule has 0 spiro atoms. The molecule has 0 unspecified atom stereocenters.